The smallest absolute Gasteiger partial charge is 0.183 e. The number of hydrogen-bond acceptors (Lipinski definition) is 4. The zero-order valence-corrected chi connectivity index (χ0v) is 8.28. The van der Waals surface area contributed by atoms with Crippen LogP contribution in [0.4, 0.5) is 5.13 Å². The minimum Gasteiger partial charge on any atom is -0.396 e. The summed E-state index contributed by atoms with van der Waals surface area (Å²) in [6.45, 7) is 0.996. The highest BCUT2D eigenvalue weighted by atomic mass is 79.9. The van der Waals surface area contributed by atoms with Crippen molar-refractivity contribution >= 4 is 32.4 Å². The minimum atomic E-state index is 0.222. The number of anilines is 1. The van der Waals surface area contributed by atoms with Gasteiger partial charge in [0.2, 0.25) is 0 Å². The SMILES string of the molecule is OCCCNc1ncc(Br)s1. The zero-order valence-electron chi connectivity index (χ0n) is 5.88. The number of hydrogen-bond donors (Lipinski definition) is 2. The molecule has 11 heavy (non-hydrogen) atoms. The Balaban J connectivity index is 2.27. The molecule has 0 atom stereocenters. The van der Waals surface area contributed by atoms with Crippen molar-refractivity contribution in [1.29, 1.82) is 0 Å². The highest BCUT2D eigenvalue weighted by Gasteiger charge is 1.96. The Morgan fingerprint density at radius 1 is 1.73 bits per heavy atom. The number of thiazole rings is 1. The van der Waals surface area contributed by atoms with Gasteiger partial charge in [-0.1, -0.05) is 11.3 Å². The van der Waals surface area contributed by atoms with Crippen molar-refractivity contribution in [2.45, 2.75) is 6.42 Å². The second-order valence-corrected chi connectivity index (χ2v) is 4.38. The van der Waals surface area contributed by atoms with Crippen LogP contribution in [0.5, 0.6) is 0 Å². The molecule has 0 spiro atoms. The topological polar surface area (TPSA) is 45.1 Å². The summed E-state index contributed by atoms with van der Waals surface area (Å²) in [6.07, 6.45) is 2.52. The van der Waals surface area contributed by atoms with Gasteiger partial charge < -0.3 is 10.4 Å². The summed E-state index contributed by atoms with van der Waals surface area (Å²) >= 11 is 4.86. The molecule has 0 aliphatic carbocycles. The molecule has 2 N–H and O–H groups in total. The number of rotatable bonds is 4. The molecule has 0 saturated carbocycles. The van der Waals surface area contributed by atoms with Crippen molar-refractivity contribution < 1.29 is 5.11 Å². The summed E-state index contributed by atoms with van der Waals surface area (Å²) in [7, 11) is 0. The number of nitrogens with zero attached hydrogens (tertiary/aromatic N) is 1. The average Bonchev–Trinajstić information content (AvgIpc) is 2.37. The third-order valence-corrected chi connectivity index (χ3v) is 2.52. The number of aliphatic hydroxyl groups is 1. The Morgan fingerprint density at radius 3 is 3.09 bits per heavy atom. The average molecular weight is 237 g/mol. The molecule has 0 amide bonds. The lowest BCUT2D eigenvalue weighted by atomic mass is 10.5. The molecular formula is C6H9BrN2OS. The van der Waals surface area contributed by atoms with Gasteiger partial charge in [0.25, 0.3) is 0 Å². The lowest BCUT2D eigenvalue weighted by Crippen LogP contribution is -2.02. The molecule has 0 radical (unpaired) electrons. The first-order valence-corrected chi connectivity index (χ1v) is 4.90. The Labute approximate surface area is 77.6 Å². The molecule has 0 aliphatic heterocycles. The van der Waals surface area contributed by atoms with Gasteiger partial charge >= 0.3 is 0 Å². The van der Waals surface area contributed by atoms with E-state index in [4.69, 9.17) is 5.11 Å². The van der Waals surface area contributed by atoms with Crippen molar-refractivity contribution in [3.63, 3.8) is 0 Å². The van der Waals surface area contributed by atoms with Crippen molar-refractivity contribution in [3.8, 4) is 0 Å². The lowest BCUT2D eigenvalue weighted by molar-refractivity contribution is 0.292. The van der Waals surface area contributed by atoms with Gasteiger partial charge in [-0.3, -0.25) is 0 Å². The summed E-state index contributed by atoms with van der Waals surface area (Å²) in [5.41, 5.74) is 0. The molecule has 5 heteroatoms. The van der Waals surface area contributed by atoms with Crippen molar-refractivity contribution in [3.05, 3.63) is 9.98 Å². The van der Waals surface area contributed by atoms with Gasteiger partial charge in [-0.05, 0) is 22.4 Å². The van der Waals surface area contributed by atoms with E-state index in [1.807, 2.05) is 0 Å². The maximum absolute atomic E-state index is 8.48. The van der Waals surface area contributed by atoms with Gasteiger partial charge in [-0.15, -0.1) is 0 Å². The second kappa shape index (κ2) is 4.69. The summed E-state index contributed by atoms with van der Waals surface area (Å²) in [6, 6.07) is 0. The summed E-state index contributed by atoms with van der Waals surface area (Å²) in [5.74, 6) is 0. The second-order valence-electron chi connectivity index (χ2n) is 1.97. The molecule has 62 valence electrons. The van der Waals surface area contributed by atoms with Crippen molar-refractivity contribution in [2.24, 2.45) is 0 Å². The summed E-state index contributed by atoms with van der Waals surface area (Å²) in [5, 5.41) is 12.5. The Morgan fingerprint density at radius 2 is 2.55 bits per heavy atom. The molecule has 0 aromatic carbocycles. The van der Waals surface area contributed by atoms with Crippen molar-refractivity contribution in [1.82, 2.24) is 4.98 Å². The molecule has 3 nitrogen and oxygen atoms in total. The molecule has 1 rings (SSSR count). The maximum Gasteiger partial charge on any atom is 0.183 e. The zero-order chi connectivity index (χ0) is 8.10. The largest absolute Gasteiger partial charge is 0.396 e. The number of halogens is 1. The van der Waals surface area contributed by atoms with E-state index in [-0.39, 0.29) is 6.61 Å². The number of aliphatic hydroxyl groups excluding tert-OH is 1. The molecule has 0 fully saturated rings. The van der Waals surface area contributed by atoms with Crippen molar-refractivity contribution in [2.75, 3.05) is 18.5 Å². The Hall–Kier alpha value is -0.130. The van der Waals surface area contributed by atoms with Crippen LogP contribution in [-0.4, -0.2) is 23.2 Å². The molecule has 0 saturated heterocycles. The molecule has 0 unspecified atom stereocenters. The summed E-state index contributed by atoms with van der Waals surface area (Å²) in [4.78, 5) is 4.07. The monoisotopic (exact) mass is 236 g/mol. The fourth-order valence-electron chi connectivity index (χ4n) is 0.611. The fourth-order valence-corrected chi connectivity index (χ4v) is 1.74. The van der Waals surface area contributed by atoms with E-state index in [1.165, 1.54) is 0 Å². The predicted octanol–water partition coefficient (Wildman–Crippen LogP) is 1.70. The van der Waals surface area contributed by atoms with E-state index in [0.717, 1.165) is 21.9 Å². The number of aromatic nitrogens is 1. The van der Waals surface area contributed by atoms with Crippen LogP contribution in [0.3, 0.4) is 0 Å². The summed E-state index contributed by atoms with van der Waals surface area (Å²) < 4.78 is 1.02. The van der Waals surface area contributed by atoms with E-state index in [9.17, 15) is 0 Å². The normalized spacial score (nSPS) is 10.0. The first-order chi connectivity index (χ1) is 5.33. The van der Waals surface area contributed by atoms with E-state index in [2.05, 4.69) is 26.2 Å². The van der Waals surface area contributed by atoms with Gasteiger partial charge in [-0.2, -0.15) is 0 Å². The van der Waals surface area contributed by atoms with Gasteiger partial charge in [0.1, 0.15) is 0 Å². The standard InChI is InChI=1S/C6H9BrN2OS/c7-5-4-9-6(11-5)8-2-1-3-10/h4,10H,1-3H2,(H,8,9). The molecular weight excluding hydrogens is 228 g/mol. The van der Waals surface area contributed by atoms with Gasteiger partial charge in [-0.25, -0.2) is 4.98 Å². The van der Waals surface area contributed by atoms with E-state index < -0.39 is 0 Å². The molecule has 1 aromatic rings. The number of nitrogens with one attached hydrogen (secondary N) is 1. The van der Waals surface area contributed by atoms with Crippen LogP contribution < -0.4 is 5.32 Å². The van der Waals surface area contributed by atoms with Gasteiger partial charge in [0, 0.05) is 13.2 Å². The molecule has 1 aromatic heterocycles. The highest BCUT2D eigenvalue weighted by Crippen LogP contribution is 2.22. The third kappa shape index (κ3) is 3.18. The first kappa shape index (κ1) is 8.96. The maximum atomic E-state index is 8.48. The minimum absolute atomic E-state index is 0.222. The van der Waals surface area contributed by atoms with Crippen LogP contribution in [0.2, 0.25) is 0 Å². The Kier molecular flexibility index (Phi) is 3.82. The Bertz CT molecular complexity index is 216. The third-order valence-electron chi connectivity index (χ3n) is 1.09. The van der Waals surface area contributed by atoms with Crippen LogP contribution in [0, 0.1) is 0 Å². The molecule has 0 bridgehead atoms. The molecule has 1 heterocycles. The van der Waals surface area contributed by atoms with E-state index in [0.29, 0.717) is 0 Å². The molecule has 0 aliphatic rings. The van der Waals surface area contributed by atoms with E-state index >= 15 is 0 Å². The van der Waals surface area contributed by atoms with Crippen LogP contribution in [0.15, 0.2) is 9.98 Å². The van der Waals surface area contributed by atoms with E-state index in [1.54, 1.807) is 17.5 Å². The highest BCUT2D eigenvalue weighted by molar-refractivity contribution is 9.11. The first-order valence-electron chi connectivity index (χ1n) is 3.29. The van der Waals surface area contributed by atoms with Gasteiger partial charge in [0.15, 0.2) is 5.13 Å². The quantitative estimate of drug-likeness (QED) is 0.783. The van der Waals surface area contributed by atoms with Crippen LogP contribution in [0.1, 0.15) is 6.42 Å². The van der Waals surface area contributed by atoms with Gasteiger partial charge in [0.05, 0.1) is 9.98 Å². The predicted molar refractivity (Wildman–Crippen MR) is 50.0 cm³/mol. The van der Waals surface area contributed by atoms with Crippen LogP contribution in [0.25, 0.3) is 0 Å². The van der Waals surface area contributed by atoms with Crippen LogP contribution >= 0.6 is 27.3 Å². The lowest BCUT2D eigenvalue weighted by Gasteiger charge is -1.97. The van der Waals surface area contributed by atoms with Crippen LogP contribution in [-0.2, 0) is 0 Å². The fraction of sp³-hybridized carbons (Fsp3) is 0.500.